The molecule has 0 fully saturated rings. The standard InChI is InChI=1S/C13H20FNO/c1-11(2)6-7-15-8-9-16-13-5-3-4-12(14)10-13/h3-5,10-11,15H,6-9H2,1-2H3. The van der Waals surface area contributed by atoms with Crippen LogP contribution >= 0.6 is 0 Å². The Morgan fingerprint density at radius 1 is 1.31 bits per heavy atom. The Morgan fingerprint density at radius 2 is 2.12 bits per heavy atom. The first-order valence-corrected chi connectivity index (χ1v) is 5.77. The van der Waals surface area contributed by atoms with Gasteiger partial charge in [0.25, 0.3) is 0 Å². The molecule has 0 aliphatic rings. The van der Waals surface area contributed by atoms with E-state index in [1.54, 1.807) is 12.1 Å². The number of nitrogens with one attached hydrogen (secondary N) is 1. The van der Waals surface area contributed by atoms with Crippen LogP contribution in [0, 0.1) is 11.7 Å². The minimum absolute atomic E-state index is 0.259. The predicted octanol–water partition coefficient (Wildman–Crippen LogP) is 2.84. The van der Waals surface area contributed by atoms with Crippen LogP contribution in [0.15, 0.2) is 24.3 Å². The third kappa shape index (κ3) is 5.71. The van der Waals surface area contributed by atoms with Crippen LogP contribution in [0.4, 0.5) is 4.39 Å². The summed E-state index contributed by atoms with van der Waals surface area (Å²) in [6.45, 7) is 6.77. The van der Waals surface area contributed by atoms with Crippen molar-refractivity contribution >= 4 is 0 Å². The summed E-state index contributed by atoms with van der Waals surface area (Å²) >= 11 is 0. The second-order valence-corrected chi connectivity index (χ2v) is 4.24. The van der Waals surface area contributed by atoms with Crippen molar-refractivity contribution in [2.45, 2.75) is 20.3 Å². The molecule has 0 bridgehead atoms. The maximum Gasteiger partial charge on any atom is 0.126 e. The van der Waals surface area contributed by atoms with E-state index in [1.165, 1.54) is 18.6 Å². The van der Waals surface area contributed by atoms with Crippen LogP contribution < -0.4 is 10.1 Å². The molecule has 0 unspecified atom stereocenters. The van der Waals surface area contributed by atoms with E-state index in [1.807, 2.05) is 0 Å². The highest BCUT2D eigenvalue weighted by Gasteiger charge is 1.96. The zero-order chi connectivity index (χ0) is 11.8. The van der Waals surface area contributed by atoms with Crippen molar-refractivity contribution in [2.24, 2.45) is 5.92 Å². The zero-order valence-corrected chi connectivity index (χ0v) is 10.0. The second kappa shape index (κ2) is 7.23. The van der Waals surface area contributed by atoms with Crippen molar-refractivity contribution in [3.8, 4) is 5.75 Å². The molecule has 0 saturated heterocycles. The molecule has 0 amide bonds. The third-order valence-electron chi connectivity index (χ3n) is 2.24. The maximum absolute atomic E-state index is 12.8. The highest BCUT2D eigenvalue weighted by Crippen LogP contribution is 2.11. The molecule has 0 atom stereocenters. The smallest absolute Gasteiger partial charge is 0.126 e. The third-order valence-corrected chi connectivity index (χ3v) is 2.24. The van der Waals surface area contributed by atoms with Gasteiger partial charge in [-0.15, -0.1) is 0 Å². The summed E-state index contributed by atoms with van der Waals surface area (Å²) in [4.78, 5) is 0. The van der Waals surface area contributed by atoms with Gasteiger partial charge in [0.15, 0.2) is 0 Å². The number of ether oxygens (including phenoxy) is 1. The molecule has 1 aromatic rings. The first kappa shape index (κ1) is 13.0. The van der Waals surface area contributed by atoms with Gasteiger partial charge in [-0.1, -0.05) is 19.9 Å². The monoisotopic (exact) mass is 225 g/mol. The molecule has 0 spiro atoms. The molecule has 0 aromatic heterocycles. The van der Waals surface area contributed by atoms with E-state index in [9.17, 15) is 4.39 Å². The van der Waals surface area contributed by atoms with Crippen LogP contribution in [-0.2, 0) is 0 Å². The fourth-order valence-corrected chi connectivity index (χ4v) is 1.31. The summed E-state index contributed by atoms with van der Waals surface area (Å²) < 4.78 is 18.2. The second-order valence-electron chi connectivity index (χ2n) is 4.24. The van der Waals surface area contributed by atoms with E-state index >= 15 is 0 Å². The van der Waals surface area contributed by atoms with Gasteiger partial charge in [-0.25, -0.2) is 4.39 Å². The number of hydrogen-bond acceptors (Lipinski definition) is 2. The van der Waals surface area contributed by atoms with Crippen LogP contribution in [0.5, 0.6) is 5.75 Å². The lowest BCUT2D eigenvalue weighted by molar-refractivity contribution is 0.311. The Hall–Kier alpha value is -1.09. The van der Waals surface area contributed by atoms with E-state index in [0.29, 0.717) is 12.4 Å². The van der Waals surface area contributed by atoms with Gasteiger partial charge in [-0.05, 0) is 31.0 Å². The largest absolute Gasteiger partial charge is 0.492 e. The van der Waals surface area contributed by atoms with E-state index in [2.05, 4.69) is 19.2 Å². The average molecular weight is 225 g/mol. The van der Waals surface area contributed by atoms with E-state index < -0.39 is 0 Å². The quantitative estimate of drug-likeness (QED) is 0.720. The summed E-state index contributed by atoms with van der Waals surface area (Å²) in [5.74, 6) is 1.05. The molecule has 16 heavy (non-hydrogen) atoms. The van der Waals surface area contributed by atoms with Crippen molar-refractivity contribution < 1.29 is 9.13 Å². The average Bonchev–Trinajstić information content (AvgIpc) is 2.23. The fraction of sp³-hybridized carbons (Fsp3) is 0.538. The summed E-state index contributed by atoms with van der Waals surface area (Å²) in [6.07, 6.45) is 1.17. The normalized spacial score (nSPS) is 10.8. The molecule has 3 heteroatoms. The summed E-state index contributed by atoms with van der Waals surface area (Å²) in [7, 11) is 0. The molecule has 1 aromatic carbocycles. The van der Waals surface area contributed by atoms with Gasteiger partial charge in [-0.2, -0.15) is 0 Å². The highest BCUT2D eigenvalue weighted by atomic mass is 19.1. The lowest BCUT2D eigenvalue weighted by Crippen LogP contribution is -2.23. The Balaban J connectivity index is 2.07. The maximum atomic E-state index is 12.8. The molecule has 0 radical (unpaired) electrons. The van der Waals surface area contributed by atoms with Crippen LogP contribution in [0.25, 0.3) is 0 Å². The van der Waals surface area contributed by atoms with Crippen molar-refractivity contribution in [1.82, 2.24) is 5.32 Å². The lowest BCUT2D eigenvalue weighted by atomic mass is 10.1. The van der Waals surface area contributed by atoms with Crippen LogP contribution in [0.2, 0.25) is 0 Å². The van der Waals surface area contributed by atoms with Crippen molar-refractivity contribution in [3.05, 3.63) is 30.1 Å². The molecule has 0 heterocycles. The topological polar surface area (TPSA) is 21.3 Å². The van der Waals surface area contributed by atoms with Gasteiger partial charge in [-0.3, -0.25) is 0 Å². The summed E-state index contributed by atoms with van der Waals surface area (Å²) in [5.41, 5.74) is 0. The first-order chi connectivity index (χ1) is 7.68. The minimum Gasteiger partial charge on any atom is -0.492 e. The highest BCUT2D eigenvalue weighted by molar-refractivity contribution is 5.22. The van der Waals surface area contributed by atoms with Crippen LogP contribution in [-0.4, -0.2) is 19.7 Å². The Labute approximate surface area is 96.8 Å². The molecule has 90 valence electrons. The number of hydrogen-bond donors (Lipinski definition) is 1. The fourth-order valence-electron chi connectivity index (χ4n) is 1.31. The summed E-state index contributed by atoms with van der Waals surface area (Å²) in [5, 5.41) is 3.28. The van der Waals surface area contributed by atoms with Gasteiger partial charge < -0.3 is 10.1 Å². The number of benzene rings is 1. The van der Waals surface area contributed by atoms with Crippen LogP contribution in [0.3, 0.4) is 0 Å². The summed E-state index contributed by atoms with van der Waals surface area (Å²) in [6, 6.07) is 6.22. The molecule has 0 aliphatic heterocycles. The molecular weight excluding hydrogens is 205 g/mol. The molecule has 2 nitrogen and oxygen atoms in total. The molecular formula is C13H20FNO. The predicted molar refractivity (Wildman–Crippen MR) is 64.2 cm³/mol. The van der Waals surface area contributed by atoms with E-state index in [0.717, 1.165) is 19.0 Å². The van der Waals surface area contributed by atoms with Gasteiger partial charge >= 0.3 is 0 Å². The van der Waals surface area contributed by atoms with Gasteiger partial charge in [0, 0.05) is 12.6 Å². The first-order valence-electron chi connectivity index (χ1n) is 5.77. The molecule has 1 rings (SSSR count). The molecule has 0 aliphatic carbocycles. The van der Waals surface area contributed by atoms with Gasteiger partial charge in [0.2, 0.25) is 0 Å². The Bertz CT molecular complexity index is 302. The SMILES string of the molecule is CC(C)CCNCCOc1cccc(F)c1. The van der Waals surface area contributed by atoms with Crippen molar-refractivity contribution in [1.29, 1.82) is 0 Å². The van der Waals surface area contributed by atoms with Gasteiger partial charge in [0.1, 0.15) is 18.2 Å². The molecule has 1 N–H and O–H groups in total. The number of halogens is 1. The Kier molecular flexibility index (Phi) is 5.86. The van der Waals surface area contributed by atoms with Crippen molar-refractivity contribution in [2.75, 3.05) is 19.7 Å². The Morgan fingerprint density at radius 3 is 2.81 bits per heavy atom. The molecule has 0 saturated carbocycles. The van der Waals surface area contributed by atoms with E-state index in [-0.39, 0.29) is 5.82 Å². The van der Waals surface area contributed by atoms with Gasteiger partial charge in [0.05, 0.1) is 0 Å². The lowest BCUT2D eigenvalue weighted by Gasteiger charge is -2.08. The van der Waals surface area contributed by atoms with E-state index in [4.69, 9.17) is 4.74 Å². The number of rotatable bonds is 7. The minimum atomic E-state index is -0.259. The zero-order valence-electron chi connectivity index (χ0n) is 10.0. The van der Waals surface area contributed by atoms with Crippen LogP contribution in [0.1, 0.15) is 20.3 Å². The van der Waals surface area contributed by atoms with Crippen molar-refractivity contribution in [3.63, 3.8) is 0 Å².